The fourth-order valence-corrected chi connectivity index (χ4v) is 2.32. The average Bonchev–Trinajstić information content (AvgIpc) is 2.36. The van der Waals surface area contributed by atoms with E-state index in [1.807, 2.05) is 18.2 Å². The van der Waals surface area contributed by atoms with Gasteiger partial charge in [0, 0.05) is 13.7 Å². The van der Waals surface area contributed by atoms with Crippen LogP contribution in [0.5, 0.6) is 5.75 Å². The van der Waals surface area contributed by atoms with Gasteiger partial charge in [0.1, 0.15) is 12.4 Å². The number of hydrogen-bond acceptors (Lipinski definition) is 5. The molecule has 102 valence electrons. The highest BCUT2D eigenvalue weighted by atomic mass is 32.2. The summed E-state index contributed by atoms with van der Waals surface area (Å²) in [7, 11) is -1.63. The van der Waals surface area contributed by atoms with Crippen LogP contribution >= 0.6 is 0 Å². The largest absolute Gasteiger partial charge is 0.493 e. The van der Waals surface area contributed by atoms with Crippen LogP contribution in [0, 0.1) is 0 Å². The number of nitrogens with two attached hydrogens (primary N) is 1. The zero-order valence-electron chi connectivity index (χ0n) is 10.5. The monoisotopic (exact) mass is 273 g/mol. The molecular weight excluding hydrogens is 254 g/mol. The van der Waals surface area contributed by atoms with Crippen molar-refractivity contribution in [1.82, 2.24) is 0 Å². The molecule has 0 unspecified atom stereocenters. The third-order valence-corrected chi connectivity index (χ3v) is 3.97. The van der Waals surface area contributed by atoms with Crippen molar-refractivity contribution in [1.29, 1.82) is 0 Å². The maximum absolute atomic E-state index is 11.5. The zero-order chi connectivity index (χ0) is 13.4. The second-order valence-corrected chi connectivity index (χ2v) is 6.15. The highest BCUT2D eigenvalue weighted by molar-refractivity contribution is 7.91. The molecule has 0 bridgehead atoms. The van der Waals surface area contributed by atoms with Crippen LogP contribution in [0.2, 0.25) is 0 Å². The Morgan fingerprint density at radius 3 is 2.61 bits per heavy atom. The van der Waals surface area contributed by atoms with Crippen LogP contribution in [0.3, 0.4) is 0 Å². The van der Waals surface area contributed by atoms with Crippen molar-refractivity contribution in [2.75, 3.05) is 31.8 Å². The third kappa shape index (κ3) is 5.48. The first kappa shape index (κ1) is 14.9. The van der Waals surface area contributed by atoms with Crippen LogP contribution in [0.15, 0.2) is 24.3 Å². The minimum absolute atomic E-state index is 0.0107. The topological polar surface area (TPSA) is 78.6 Å². The van der Waals surface area contributed by atoms with Crippen LogP contribution in [-0.2, 0) is 21.1 Å². The van der Waals surface area contributed by atoms with Crippen molar-refractivity contribution in [3.8, 4) is 5.75 Å². The van der Waals surface area contributed by atoms with Crippen LogP contribution in [-0.4, -0.2) is 40.2 Å². The Bertz CT molecular complexity index is 459. The standard InChI is InChI=1S/C12H19NO4S/c1-16-5-7-18(14,15)8-6-17-12-4-2-3-11(9-12)10-13/h2-4,9H,5-8,10,13H2,1H3. The lowest BCUT2D eigenvalue weighted by Crippen LogP contribution is -2.19. The van der Waals surface area contributed by atoms with Gasteiger partial charge in [0.25, 0.3) is 0 Å². The first-order valence-electron chi connectivity index (χ1n) is 5.68. The Hall–Kier alpha value is -1.11. The number of benzene rings is 1. The van der Waals surface area contributed by atoms with Crippen LogP contribution in [0.25, 0.3) is 0 Å². The summed E-state index contributed by atoms with van der Waals surface area (Å²) in [4.78, 5) is 0. The zero-order valence-corrected chi connectivity index (χ0v) is 11.3. The number of ether oxygens (including phenoxy) is 2. The fraction of sp³-hybridized carbons (Fsp3) is 0.500. The summed E-state index contributed by atoms with van der Waals surface area (Å²) in [6, 6.07) is 7.31. The van der Waals surface area contributed by atoms with Gasteiger partial charge >= 0.3 is 0 Å². The summed E-state index contributed by atoms with van der Waals surface area (Å²) in [5, 5.41) is 0. The van der Waals surface area contributed by atoms with E-state index in [9.17, 15) is 8.42 Å². The van der Waals surface area contributed by atoms with Gasteiger partial charge in [-0.25, -0.2) is 8.42 Å². The van der Waals surface area contributed by atoms with Gasteiger partial charge in [0.05, 0.1) is 18.1 Å². The summed E-state index contributed by atoms with van der Waals surface area (Å²) in [5.41, 5.74) is 6.46. The van der Waals surface area contributed by atoms with Crippen molar-refractivity contribution in [2.45, 2.75) is 6.54 Å². The van der Waals surface area contributed by atoms with Gasteiger partial charge < -0.3 is 15.2 Å². The molecule has 0 aliphatic carbocycles. The van der Waals surface area contributed by atoms with Crippen molar-refractivity contribution in [2.24, 2.45) is 5.73 Å². The quantitative estimate of drug-likeness (QED) is 0.750. The Labute approximate surface area is 108 Å². The molecule has 0 saturated heterocycles. The van der Waals surface area contributed by atoms with E-state index >= 15 is 0 Å². The molecule has 0 aliphatic heterocycles. The molecular formula is C12H19NO4S. The molecule has 0 aliphatic rings. The van der Waals surface area contributed by atoms with Gasteiger partial charge in [0.2, 0.25) is 0 Å². The number of rotatable bonds is 8. The summed E-state index contributed by atoms with van der Waals surface area (Å²) >= 11 is 0. The molecule has 0 aromatic heterocycles. The molecule has 1 aromatic rings. The summed E-state index contributed by atoms with van der Waals surface area (Å²) in [5.74, 6) is 0.652. The maximum Gasteiger partial charge on any atom is 0.155 e. The lowest BCUT2D eigenvalue weighted by Gasteiger charge is -2.08. The minimum atomic E-state index is -3.10. The summed E-state index contributed by atoms with van der Waals surface area (Å²) in [6.45, 7) is 0.786. The van der Waals surface area contributed by atoms with Crippen molar-refractivity contribution < 1.29 is 17.9 Å². The maximum atomic E-state index is 11.5. The predicted molar refractivity (Wildman–Crippen MR) is 70.4 cm³/mol. The van der Waals surface area contributed by atoms with Crippen LogP contribution in [0.4, 0.5) is 0 Å². The van der Waals surface area contributed by atoms with Crippen molar-refractivity contribution >= 4 is 9.84 Å². The van der Waals surface area contributed by atoms with Gasteiger partial charge in [-0.05, 0) is 17.7 Å². The van der Waals surface area contributed by atoms with E-state index < -0.39 is 9.84 Å². The SMILES string of the molecule is COCCS(=O)(=O)CCOc1cccc(CN)c1. The molecule has 0 atom stereocenters. The van der Waals surface area contributed by atoms with Gasteiger partial charge in [-0.15, -0.1) is 0 Å². The van der Waals surface area contributed by atoms with Gasteiger partial charge in [0.15, 0.2) is 9.84 Å². The number of sulfone groups is 1. The van der Waals surface area contributed by atoms with E-state index in [1.54, 1.807) is 6.07 Å². The van der Waals surface area contributed by atoms with Crippen molar-refractivity contribution in [3.05, 3.63) is 29.8 Å². The van der Waals surface area contributed by atoms with Gasteiger partial charge in [-0.2, -0.15) is 0 Å². The van der Waals surface area contributed by atoms with E-state index in [0.717, 1.165) is 5.56 Å². The minimum Gasteiger partial charge on any atom is -0.493 e. The molecule has 0 amide bonds. The second-order valence-electron chi connectivity index (χ2n) is 3.84. The van der Waals surface area contributed by atoms with Crippen molar-refractivity contribution in [3.63, 3.8) is 0 Å². The van der Waals surface area contributed by atoms with E-state index in [-0.39, 0.29) is 24.7 Å². The molecule has 6 heteroatoms. The van der Waals surface area contributed by atoms with Crippen LogP contribution < -0.4 is 10.5 Å². The van der Waals surface area contributed by atoms with E-state index in [1.165, 1.54) is 7.11 Å². The highest BCUT2D eigenvalue weighted by Gasteiger charge is 2.10. The van der Waals surface area contributed by atoms with E-state index in [4.69, 9.17) is 15.2 Å². The van der Waals surface area contributed by atoms with Gasteiger partial charge in [-0.3, -0.25) is 0 Å². The first-order valence-corrected chi connectivity index (χ1v) is 7.50. The molecule has 0 saturated carbocycles. The molecule has 5 nitrogen and oxygen atoms in total. The molecule has 0 heterocycles. The second kappa shape index (κ2) is 7.35. The molecule has 2 N–H and O–H groups in total. The molecule has 0 fully saturated rings. The third-order valence-electron chi connectivity index (χ3n) is 2.40. The van der Waals surface area contributed by atoms with Gasteiger partial charge in [-0.1, -0.05) is 12.1 Å². The first-order chi connectivity index (χ1) is 8.57. The summed E-state index contributed by atoms with van der Waals surface area (Å²) in [6.07, 6.45) is 0. The fourth-order valence-electron chi connectivity index (χ4n) is 1.36. The van der Waals surface area contributed by atoms with E-state index in [0.29, 0.717) is 12.3 Å². The Kier molecular flexibility index (Phi) is 6.11. The molecule has 18 heavy (non-hydrogen) atoms. The Morgan fingerprint density at radius 2 is 1.94 bits per heavy atom. The lowest BCUT2D eigenvalue weighted by molar-refractivity contribution is 0.217. The number of methoxy groups -OCH3 is 1. The molecule has 1 rings (SSSR count). The summed E-state index contributed by atoms with van der Waals surface area (Å²) < 4.78 is 33.2. The molecule has 0 radical (unpaired) electrons. The Balaban J connectivity index is 2.41. The highest BCUT2D eigenvalue weighted by Crippen LogP contribution is 2.12. The molecule has 1 aromatic carbocycles. The van der Waals surface area contributed by atoms with Crippen LogP contribution in [0.1, 0.15) is 5.56 Å². The Morgan fingerprint density at radius 1 is 1.22 bits per heavy atom. The predicted octanol–water partition coefficient (Wildman–Crippen LogP) is 0.585. The normalized spacial score (nSPS) is 11.4. The molecule has 0 spiro atoms. The average molecular weight is 273 g/mol. The number of hydrogen-bond donors (Lipinski definition) is 1. The van der Waals surface area contributed by atoms with E-state index in [2.05, 4.69) is 0 Å². The lowest BCUT2D eigenvalue weighted by atomic mass is 10.2. The smallest absolute Gasteiger partial charge is 0.155 e.